The molecule has 0 bridgehead atoms. The van der Waals surface area contributed by atoms with Gasteiger partial charge in [-0.25, -0.2) is 0 Å². The van der Waals surface area contributed by atoms with E-state index in [4.69, 9.17) is 8.92 Å². The first-order valence-corrected chi connectivity index (χ1v) is 4.78. The summed E-state index contributed by atoms with van der Waals surface area (Å²) < 4.78 is 10.2. The van der Waals surface area contributed by atoms with Gasteiger partial charge in [0.2, 0.25) is 0 Å². The summed E-state index contributed by atoms with van der Waals surface area (Å²) in [6.45, 7) is 2.51. The average molecular weight is 166 g/mol. The molecule has 54 valence electrons. The molecule has 1 atom stereocenters. The first kappa shape index (κ1) is 7.60. The van der Waals surface area contributed by atoms with Gasteiger partial charge in [-0.15, -0.1) is 0 Å². The molecule has 9 heavy (non-hydrogen) atoms. The van der Waals surface area contributed by atoms with E-state index in [1.54, 1.807) is 0 Å². The molecule has 1 aliphatic rings. The largest absolute Gasteiger partial charge is 0.381 e. The monoisotopic (exact) mass is 166 g/mol. The molecule has 2 nitrogen and oxygen atoms in total. The van der Waals surface area contributed by atoms with Crippen LogP contribution < -0.4 is 0 Å². The molecule has 1 unspecified atom stereocenters. The van der Waals surface area contributed by atoms with Gasteiger partial charge in [0.1, 0.15) is 0 Å². The molecule has 0 amide bonds. The zero-order valence-electron chi connectivity index (χ0n) is 5.08. The highest BCUT2D eigenvalue weighted by atomic mass is 32.8. The van der Waals surface area contributed by atoms with Crippen LogP contribution in [0.25, 0.3) is 0 Å². The van der Waals surface area contributed by atoms with Crippen molar-refractivity contribution in [3.05, 3.63) is 0 Å². The van der Waals surface area contributed by atoms with Crippen LogP contribution in [0, 0.1) is 5.92 Å². The molecule has 0 aromatic heterocycles. The highest BCUT2D eigenvalue weighted by Gasteiger charge is 2.14. The van der Waals surface area contributed by atoms with Crippen LogP contribution in [-0.2, 0) is 30.7 Å². The highest BCUT2D eigenvalue weighted by Crippen LogP contribution is 2.11. The number of hydrogen-bond donors (Lipinski definition) is 1. The lowest BCUT2D eigenvalue weighted by molar-refractivity contribution is 0.173. The molecule has 0 aromatic rings. The van der Waals surface area contributed by atoms with Gasteiger partial charge in [0.15, 0.2) is 0 Å². The van der Waals surface area contributed by atoms with Gasteiger partial charge in [0.25, 0.3) is 0 Å². The molecule has 1 aliphatic heterocycles. The van der Waals surface area contributed by atoms with Crippen molar-refractivity contribution in [3.8, 4) is 0 Å². The Morgan fingerprint density at radius 3 is 3.22 bits per heavy atom. The summed E-state index contributed by atoms with van der Waals surface area (Å²) in [5.41, 5.74) is 0. The average Bonchev–Trinajstić information content (AvgIpc) is 2.34. The molecule has 0 N–H and O–H groups in total. The van der Waals surface area contributed by atoms with E-state index in [1.165, 1.54) is 0 Å². The zero-order chi connectivity index (χ0) is 6.53. The van der Waals surface area contributed by atoms with Crippen molar-refractivity contribution in [1.82, 2.24) is 0 Å². The van der Waals surface area contributed by atoms with Crippen LogP contribution in [0.4, 0.5) is 0 Å². The van der Waals surface area contributed by atoms with Crippen molar-refractivity contribution >= 4 is 21.8 Å². The van der Waals surface area contributed by atoms with Crippen molar-refractivity contribution < 1.29 is 8.92 Å². The first-order chi connectivity index (χ1) is 4.43. The summed E-state index contributed by atoms with van der Waals surface area (Å²) in [5, 5.41) is 0. The molecule has 0 saturated carbocycles. The predicted octanol–water partition coefficient (Wildman–Crippen LogP) is 0.231. The highest BCUT2D eigenvalue weighted by molar-refractivity contribution is 8.15. The molecular weight excluding hydrogens is 156 g/mol. The fraction of sp³-hybridized carbons (Fsp3) is 1.00. The van der Waals surface area contributed by atoms with E-state index in [-0.39, 0.29) is 0 Å². The third-order valence-electron chi connectivity index (χ3n) is 1.39. The van der Waals surface area contributed by atoms with Gasteiger partial charge in [0.05, 0.1) is 13.2 Å². The third-order valence-corrected chi connectivity index (χ3v) is 1.96. The topological polar surface area (TPSA) is 18.5 Å². The maximum Gasteiger partial charge on any atom is 0.0664 e. The number of rotatable bonds is 3. The fourth-order valence-electron chi connectivity index (χ4n) is 0.851. The molecule has 1 heterocycles. The fourth-order valence-corrected chi connectivity index (χ4v) is 1.30. The van der Waals surface area contributed by atoms with Gasteiger partial charge >= 0.3 is 0 Å². The Kier molecular flexibility index (Phi) is 3.65. The van der Waals surface area contributed by atoms with Crippen molar-refractivity contribution in [2.75, 3.05) is 19.8 Å². The molecule has 1 saturated heterocycles. The standard InChI is InChI=1S/C5H10O2S2/c8-9-7-4-5-1-2-6-3-5/h5,9H,1-4H2. The minimum absolute atomic E-state index is 0.598. The van der Waals surface area contributed by atoms with Crippen molar-refractivity contribution in [3.63, 3.8) is 0 Å². The van der Waals surface area contributed by atoms with E-state index < -0.39 is 0 Å². The maximum atomic E-state index is 5.14. The van der Waals surface area contributed by atoms with E-state index in [2.05, 4.69) is 11.2 Å². The van der Waals surface area contributed by atoms with E-state index in [9.17, 15) is 0 Å². The van der Waals surface area contributed by atoms with E-state index >= 15 is 0 Å². The van der Waals surface area contributed by atoms with Crippen LogP contribution in [0.15, 0.2) is 0 Å². The summed E-state index contributed by atoms with van der Waals surface area (Å²) >= 11 is 4.60. The lowest BCUT2D eigenvalue weighted by atomic mass is 10.1. The van der Waals surface area contributed by atoms with E-state index in [0.717, 1.165) is 26.2 Å². The Hall–Kier alpha value is 0.490. The number of hydrogen-bond acceptors (Lipinski definition) is 3. The van der Waals surface area contributed by atoms with Crippen LogP contribution in [0.3, 0.4) is 0 Å². The Morgan fingerprint density at radius 1 is 1.78 bits per heavy atom. The lowest BCUT2D eigenvalue weighted by Crippen LogP contribution is -2.06. The van der Waals surface area contributed by atoms with Gasteiger partial charge < -0.3 is 8.92 Å². The molecule has 0 radical (unpaired) electrons. The summed E-state index contributed by atoms with van der Waals surface area (Å²) in [6, 6.07) is 0. The summed E-state index contributed by atoms with van der Waals surface area (Å²) in [7, 11) is 0.614. The minimum Gasteiger partial charge on any atom is -0.381 e. The second-order valence-electron chi connectivity index (χ2n) is 2.10. The quantitative estimate of drug-likeness (QED) is 0.606. The van der Waals surface area contributed by atoms with Gasteiger partial charge in [-0.1, -0.05) is 0 Å². The van der Waals surface area contributed by atoms with Gasteiger partial charge in [-0.05, 0) is 28.2 Å². The van der Waals surface area contributed by atoms with Gasteiger partial charge in [-0.3, -0.25) is 0 Å². The van der Waals surface area contributed by atoms with Crippen molar-refractivity contribution in [2.45, 2.75) is 6.42 Å². The Labute approximate surface area is 63.4 Å². The SMILES string of the molecule is S=[SH]OCC1CCOC1. The maximum absolute atomic E-state index is 5.14. The second kappa shape index (κ2) is 4.33. The third kappa shape index (κ3) is 2.71. The van der Waals surface area contributed by atoms with Gasteiger partial charge in [0, 0.05) is 12.5 Å². The van der Waals surface area contributed by atoms with Crippen LogP contribution in [0.1, 0.15) is 6.42 Å². The first-order valence-electron chi connectivity index (χ1n) is 2.96. The van der Waals surface area contributed by atoms with Crippen LogP contribution in [0.2, 0.25) is 0 Å². The summed E-state index contributed by atoms with van der Waals surface area (Å²) in [4.78, 5) is 0. The normalized spacial score (nSPS) is 26.9. The van der Waals surface area contributed by atoms with E-state index in [1.807, 2.05) is 0 Å². The Morgan fingerprint density at radius 2 is 2.67 bits per heavy atom. The molecule has 1 fully saturated rings. The molecule has 0 spiro atoms. The molecule has 0 aliphatic carbocycles. The van der Waals surface area contributed by atoms with E-state index in [0.29, 0.717) is 16.5 Å². The molecule has 1 rings (SSSR count). The predicted molar refractivity (Wildman–Crippen MR) is 41.0 cm³/mol. The minimum atomic E-state index is 0.598. The smallest absolute Gasteiger partial charge is 0.0664 e. The van der Waals surface area contributed by atoms with Crippen LogP contribution >= 0.6 is 0 Å². The molecule has 4 heteroatoms. The second-order valence-corrected chi connectivity index (χ2v) is 2.95. The number of ether oxygens (including phenoxy) is 1. The Balaban J connectivity index is 2.04. The van der Waals surface area contributed by atoms with Crippen LogP contribution in [0.5, 0.6) is 0 Å². The van der Waals surface area contributed by atoms with Gasteiger partial charge in [-0.2, -0.15) is 0 Å². The zero-order valence-corrected chi connectivity index (χ0v) is 6.79. The van der Waals surface area contributed by atoms with Crippen molar-refractivity contribution in [1.29, 1.82) is 0 Å². The number of thiol groups is 1. The lowest BCUT2D eigenvalue weighted by Gasteiger charge is -2.02. The Bertz CT molecular complexity index is 91.0. The van der Waals surface area contributed by atoms with Crippen LogP contribution in [-0.4, -0.2) is 19.8 Å². The summed E-state index contributed by atoms with van der Waals surface area (Å²) in [6.07, 6.45) is 1.13. The summed E-state index contributed by atoms with van der Waals surface area (Å²) in [5.74, 6) is 0.598. The van der Waals surface area contributed by atoms with Crippen molar-refractivity contribution in [2.24, 2.45) is 5.92 Å². The molecule has 0 aromatic carbocycles. The molecular formula is C5H10O2S2.